The molecule has 1 N–H and O–H groups in total. The van der Waals surface area contributed by atoms with Gasteiger partial charge in [-0.1, -0.05) is 13.8 Å². The standard InChI is InChI=1S/C15H24N4S/c1-10(2)6-12(19(4)5)8-16-14-13-7-11(3)20-15(13)18-9-17-14/h7,9-10,12H,6,8H2,1-5H3,(H,16,17,18). The van der Waals surface area contributed by atoms with E-state index in [0.717, 1.165) is 22.6 Å². The monoisotopic (exact) mass is 292 g/mol. The SMILES string of the molecule is Cc1cc2c(NCC(CC(C)C)N(C)C)ncnc2s1. The predicted molar refractivity (Wildman–Crippen MR) is 87.6 cm³/mol. The van der Waals surface area contributed by atoms with Crippen molar-refractivity contribution in [3.63, 3.8) is 0 Å². The number of likely N-dealkylation sites (N-methyl/N-ethyl adjacent to an activating group) is 1. The van der Waals surface area contributed by atoms with E-state index in [2.05, 4.69) is 61.1 Å². The van der Waals surface area contributed by atoms with E-state index >= 15 is 0 Å². The lowest BCUT2D eigenvalue weighted by Gasteiger charge is -2.26. The fourth-order valence-electron chi connectivity index (χ4n) is 2.35. The fraction of sp³-hybridized carbons (Fsp3) is 0.600. The van der Waals surface area contributed by atoms with Crippen LogP contribution in [0.1, 0.15) is 25.1 Å². The summed E-state index contributed by atoms with van der Waals surface area (Å²) in [4.78, 5) is 13.3. The van der Waals surface area contributed by atoms with E-state index in [9.17, 15) is 0 Å². The van der Waals surface area contributed by atoms with Crippen molar-refractivity contribution < 1.29 is 0 Å². The number of anilines is 1. The highest BCUT2D eigenvalue weighted by molar-refractivity contribution is 7.18. The molecule has 0 amide bonds. The molecule has 0 saturated carbocycles. The normalized spacial score (nSPS) is 13.3. The van der Waals surface area contributed by atoms with Crippen molar-refractivity contribution in [1.29, 1.82) is 0 Å². The van der Waals surface area contributed by atoms with Crippen molar-refractivity contribution >= 4 is 27.4 Å². The molecule has 1 unspecified atom stereocenters. The maximum absolute atomic E-state index is 4.40. The molecule has 110 valence electrons. The molecule has 0 aromatic carbocycles. The summed E-state index contributed by atoms with van der Waals surface area (Å²) < 4.78 is 0. The van der Waals surface area contributed by atoms with Gasteiger partial charge in [0, 0.05) is 17.5 Å². The van der Waals surface area contributed by atoms with Crippen molar-refractivity contribution in [2.45, 2.75) is 33.2 Å². The van der Waals surface area contributed by atoms with E-state index in [1.54, 1.807) is 17.7 Å². The van der Waals surface area contributed by atoms with Crippen molar-refractivity contribution in [2.75, 3.05) is 26.0 Å². The van der Waals surface area contributed by atoms with Gasteiger partial charge in [-0.25, -0.2) is 9.97 Å². The van der Waals surface area contributed by atoms with Gasteiger partial charge < -0.3 is 10.2 Å². The number of nitrogens with one attached hydrogen (secondary N) is 1. The van der Waals surface area contributed by atoms with Crippen LogP contribution in [0, 0.1) is 12.8 Å². The predicted octanol–water partition coefficient (Wildman–Crippen LogP) is 3.39. The van der Waals surface area contributed by atoms with Crippen molar-refractivity contribution in [2.24, 2.45) is 5.92 Å². The number of aromatic nitrogens is 2. The van der Waals surface area contributed by atoms with Gasteiger partial charge in [0.25, 0.3) is 0 Å². The Morgan fingerprint density at radius 3 is 2.70 bits per heavy atom. The van der Waals surface area contributed by atoms with E-state index in [-0.39, 0.29) is 0 Å². The highest BCUT2D eigenvalue weighted by Crippen LogP contribution is 2.27. The molecule has 0 aliphatic rings. The van der Waals surface area contributed by atoms with E-state index in [0.29, 0.717) is 12.0 Å². The maximum atomic E-state index is 4.40. The van der Waals surface area contributed by atoms with Crippen LogP contribution < -0.4 is 5.32 Å². The van der Waals surface area contributed by atoms with Crippen LogP contribution in [0.15, 0.2) is 12.4 Å². The van der Waals surface area contributed by atoms with Gasteiger partial charge in [-0.3, -0.25) is 0 Å². The first kappa shape index (κ1) is 15.2. The van der Waals surface area contributed by atoms with Crippen LogP contribution in [0.2, 0.25) is 0 Å². The third-order valence-corrected chi connectivity index (χ3v) is 4.39. The summed E-state index contributed by atoms with van der Waals surface area (Å²) in [7, 11) is 4.28. The van der Waals surface area contributed by atoms with Gasteiger partial charge in [0.2, 0.25) is 0 Å². The van der Waals surface area contributed by atoms with Gasteiger partial charge >= 0.3 is 0 Å². The second-order valence-corrected chi connectivity index (χ2v) is 7.16. The summed E-state index contributed by atoms with van der Waals surface area (Å²) in [6.45, 7) is 7.55. The van der Waals surface area contributed by atoms with Crippen LogP contribution >= 0.6 is 11.3 Å². The fourth-order valence-corrected chi connectivity index (χ4v) is 3.20. The molecule has 0 saturated heterocycles. The Labute approximate surface area is 125 Å². The number of hydrogen-bond acceptors (Lipinski definition) is 5. The molecule has 0 spiro atoms. The number of hydrogen-bond donors (Lipinski definition) is 1. The van der Waals surface area contributed by atoms with Crippen LogP contribution in [0.3, 0.4) is 0 Å². The Bertz CT molecular complexity index is 562. The van der Waals surface area contributed by atoms with Gasteiger partial charge in [-0.2, -0.15) is 0 Å². The molecule has 4 nitrogen and oxygen atoms in total. The molecular weight excluding hydrogens is 268 g/mol. The van der Waals surface area contributed by atoms with E-state index < -0.39 is 0 Å². The summed E-state index contributed by atoms with van der Waals surface area (Å²) in [5, 5.41) is 4.64. The first-order chi connectivity index (χ1) is 9.47. The average Bonchev–Trinajstić information content (AvgIpc) is 2.74. The topological polar surface area (TPSA) is 41.0 Å². The number of fused-ring (bicyclic) bond motifs is 1. The van der Waals surface area contributed by atoms with Gasteiger partial charge in [0.15, 0.2) is 0 Å². The summed E-state index contributed by atoms with van der Waals surface area (Å²) in [6, 6.07) is 2.68. The molecule has 0 aliphatic heterocycles. The quantitative estimate of drug-likeness (QED) is 0.886. The number of aryl methyl sites for hydroxylation is 1. The number of thiophene rings is 1. The second-order valence-electron chi connectivity index (χ2n) is 5.93. The average molecular weight is 292 g/mol. The lowest BCUT2D eigenvalue weighted by Crippen LogP contribution is -2.35. The van der Waals surface area contributed by atoms with Crippen LogP contribution in [0.25, 0.3) is 10.2 Å². The molecule has 1 atom stereocenters. The summed E-state index contributed by atoms with van der Waals surface area (Å²) in [5.41, 5.74) is 0. The first-order valence-corrected chi connectivity index (χ1v) is 7.90. The summed E-state index contributed by atoms with van der Waals surface area (Å²) in [6.07, 6.45) is 2.82. The third kappa shape index (κ3) is 3.67. The number of nitrogens with zero attached hydrogens (tertiary/aromatic N) is 3. The van der Waals surface area contributed by atoms with Gasteiger partial charge in [-0.05, 0) is 39.4 Å². The molecule has 0 fully saturated rings. The molecule has 0 radical (unpaired) electrons. The van der Waals surface area contributed by atoms with Gasteiger partial charge in [0.1, 0.15) is 17.0 Å². The molecule has 2 aromatic heterocycles. The van der Waals surface area contributed by atoms with Crippen LogP contribution in [-0.4, -0.2) is 41.5 Å². The van der Waals surface area contributed by atoms with Gasteiger partial charge in [-0.15, -0.1) is 11.3 Å². The van der Waals surface area contributed by atoms with Gasteiger partial charge in [0.05, 0.1) is 5.39 Å². The lowest BCUT2D eigenvalue weighted by atomic mass is 10.0. The zero-order chi connectivity index (χ0) is 14.7. The smallest absolute Gasteiger partial charge is 0.138 e. The van der Waals surface area contributed by atoms with Crippen LogP contribution in [0.4, 0.5) is 5.82 Å². The van der Waals surface area contributed by atoms with Crippen molar-refractivity contribution in [3.05, 3.63) is 17.3 Å². The minimum absolute atomic E-state index is 0.514. The Morgan fingerprint density at radius 1 is 1.30 bits per heavy atom. The zero-order valence-corrected chi connectivity index (χ0v) is 13.8. The molecule has 0 bridgehead atoms. The Balaban J connectivity index is 2.11. The minimum Gasteiger partial charge on any atom is -0.368 e. The summed E-state index contributed by atoms with van der Waals surface area (Å²) in [5.74, 6) is 1.65. The maximum Gasteiger partial charge on any atom is 0.138 e. The molecule has 0 aliphatic carbocycles. The zero-order valence-electron chi connectivity index (χ0n) is 13.0. The molecule has 2 rings (SSSR count). The minimum atomic E-state index is 0.514. The van der Waals surface area contributed by atoms with Crippen molar-refractivity contribution in [3.8, 4) is 0 Å². The molecule has 20 heavy (non-hydrogen) atoms. The van der Waals surface area contributed by atoms with E-state index in [1.165, 1.54) is 11.3 Å². The molecule has 5 heteroatoms. The first-order valence-electron chi connectivity index (χ1n) is 7.08. The van der Waals surface area contributed by atoms with Crippen LogP contribution in [0.5, 0.6) is 0 Å². The van der Waals surface area contributed by atoms with E-state index in [4.69, 9.17) is 0 Å². The molecular formula is C15H24N4S. The molecule has 2 aromatic rings. The Hall–Kier alpha value is -1.20. The molecule has 2 heterocycles. The number of rotatable bonds is 6. The van der Waals surface area contributed by atoms with Crippen LogP contribution in [-0.2, 0) is 0 Å². The Morgan fingerprint density at radius 2 is 2.05 bits per heavy atom. The summed E-state index contributed by atoms with van der Waals surface area (Å²) >= 11 is 1.72. The van der Waals surface area contributed by atoms with E-state index in [1.807, 2.05) is 0 Å². The highest BCUT2D eigenvalue weighted by Gasteiger charge is 2.14. The Kier molecular flexibility index (Phi) is 4.94. The van der Waals surface area contributed by atoms with Crippen molar-refractivity contribution in [1.82, 2.24) is 14.9 Å². The largest absolute Gasteiger partial charge is 0.368 e. The highest BCUT2D eigenvalue weighted by atomic mass is 32.1. The third-order valence-electron chi connectivity index (χ3n) is 3.43. The second kappa shape index (κ2) is 6.50. The lowest BCUT2D eigenvalue weighted by molar-refractivity contribution is 0.266.